The van der Waals surface area contributed by atoms with Crippen molar-refractivity contribution in [1.82, 2.24) is 15.8 Å². The lowest BCUT2D eigenvalue weighted by Crippen LogP contribution is -2.47. The zero-order valence-electron chi connectivity index (χ0n) is 13.3. The standard InChI is InChI=1S/C17H20N4O3/c22-15(11-5-6-11)19-20-16(23)12-7-9-21(10-8-12)17-18-13-3-1-2-4-14(13)24-17/h1-4,11-12H,5-10H2,(H,19,22)(H,20,23). The molecule has 2 heterocycles. The quantitative estimate of drug-likeness (QED) is 0.836. The zero-order valence-corrected chi connectivity index (χ0v) is 13.3. The van der Waals surface area contributed by atoms with E-state index in [9.17, 15) is 9.59 Å². The van der Waals surface area contributed by atoms with E-state index in [0.717, 1.165) is 23.9 Å². The zero-order chi connectivity index (χ0) is 16.5. The summed E-state index contributed by atoms with van der Waals surface area (Å²) in [5.74, 6) is -0.190. The third-order valence-electron chi connectivity index (χ3n) is 4.68. The fourth-order valence-electron chi connectivity index (χ4n) is 3.00. The predicted octanol–water partition coefficient (Wildman–Crippen LogP) is 1.60. The van der Waals surface area contributed by atoms with E-state index in [0.29, 0.717) is 31.9 Å². The first-order chi connectivity index (χ1) is 11.7. The number of nitrogens with one attached hydrogen (secondary N) is 2. The number of fused-ring (bicyclic) bond motifs is 1. The molecule has 7 heteroatoms. The van der Waals surface area contributed by atoms with E-state index in [2.05, 4.69) is 20.7 Å². The van der Waals surface area contributed by atoms with Gasteiger partial charge in [0.05, 0.1) is 0 Å². The van der Waals surface area contributed by atoms with Crippen molar-refractivity contribution in [2.24, 2.45) is 11.8 Å². The number of nitrogens with zero attached hydrogens (tertiary/aromatic N) is 2. The number of anilines is 1. The SMILES string of the molecule is O=C(NNC(=O)C1CCN(c2nc3ccccc3o2)CC1)C1CC1. The van der Waals surface area contributed by atoms with E-state index < -0.39 is 0 Å². The Hall–Kier alpha value is -2.57. The van der Waals surface area contributed by atoms with Gasteiger partial charge in [0.2, 0.25) is 11.8 Å². The summed E-state index contributed by atoms with van der Waals surface area (Å²) in [6, 6.07) is 8.28. The molecule has 24 heavy (non-hydrogen) atoms. The van der Waals surface area contributed by atoms with Crippen LogP contribution in [0.1, 0.15) is 25.7 Å². The van der Waals surface area contributed by atoms with Crippen LogP contribution in [0, 0.1) is 11.8 Å². The molecule has 0 spiro atoms. The van der Waals surface area contributed by atoms with E-state index >= 15 is 0 Å². The van der Waals surface area contributed by atoms with Crippen LogP contribution in [0.4, 0.5) is 6.01 Å². The number of rotatable bonds is 3. The average Bonchev–Trinajstić information content (AvgIpc) is 3.38. The smallest absolute Gasteiger partial charge is 0.298 e. The lowest BCUT2D eigenvalue weighted by Gasteiger charge is -2.30. The topological polar surface area (TPSA) is 87.5 Å². The molecule has 1 saturated heterocycles. The molecule has 1 aliphatic heterocycles. The lowest BCUT2D eigenvalue weighted by atomic mass is 9.96. The highest BCUT2D eigenvalue weighted by atomic mass is 16.4. The van der Waals surface area contributed by atoms with Crippen molar-refractivity contribution in [3.8, 4) is 0 Å². The summed E-state index contributed by atoms with van der Waals surface area (Å²) in [6.07, 6.45) is 3.27. The van der Waals surface area contributed by atoms with E-state index in [1.807, 2.05) is 24.3 Å². The monoisotopic (exact) mass is 328 g/mol. The number of hydrogen-bond acceptors (Lipinski definition) is 5. The average molecular weight is 328 g/mol. The Kier molecular flexibility index (Phi) is 3.84. The molecule has 1 aromatic carbocycles. The minimum Gasteiger partial charge on any atom is -0.423 e. The van der Waals surface area contributed by atoms with Crippen LogP contribution in [0.2, 0.25) is 0 Å². The van der Waals surface area contributed by atoms with Crippen LogP contribution in [-0.4, -0.2) is 29.9 Å². The number of hydrazine groups is 1. The second-order valence-corrected chi connectivity index (χ2v) is 6.48. The summed E-state index contributed by atoms with van der Waals surface area (Å²) in [4.78, 5) is 30.3. The number of piperidine rings is 1. The van der Waals surface area contributed by atoms with Crippen LogP contribution in [0.3, 0.4) is 0 Å². The van der Waals surface area contributed by atoms with E-state index in [1.165, 1.54) is 0 Å². The maximum absolute atomic E-state index is 12.1. The van der Waals surface area contributed by atoms with Gasteiger partial charge in [-0.2, -0.15) is 4.98 Å². The van der Waals surface area contributed by atoms with Crippen molar-refractivity contribution in [1.29, 1.82) is 0 Å². The summed E-state index contributed by atoms with van der Waals surface area (Å²) in [5, 5.41) is 0. The first-order valence-corrected chi connectivity index (χ1v) is 8.41. The third kappa shape index (κ3) is 3.06. The van der Waals surface area contributed by atoms with Crippen molar-refractivity contribution < 1.29 is 14.0 Å². The molecule has 126 valence electrons. The summed E-state index contributed by atoms with van der Waals surface area (Å²) >= 11 is 0. The van der Waals surface area contributed by atoms with Crippen LogP contribution in [0.15, 0.2) is 28.7 Å². The molecule has 1 aliphatic carbocycles. The van der Waals surface area contributed by atoms with Crippen LogP contribution < -0.4 is 15.8 Å². The highest BCUT2D eigenvalue weighted by Gasteiger charge is 2.31. The number of para-hydroxylation sites is 2. The largest absolute Gasteiger partial charge is 0.423 e. The normalized spacial score (nSPS) is 18.6. The number of oxazole rings is 1. The molecular formula is C17H20N4O3. The Morgan fingerprint density at radius 2 is 1.62 bits per heavy atom. The van der Waals surface area contributed by atoms with E-state index in [-0.39, 0.29) is 23.7 Å². The van der Waals surface area contributed by atoms with Crippen molar-refractivity contribution >= 4 is 28.9 Å². The second-order valence-electron chi connectivity index (χ2n) is 6.48. The maximum atomic E-state index is 12.1. The van der Waals surface area contributed by atoms with Crippen molar-refractivity contribution in [3.63, 3.8) is 0 Å². The van der Waals surface area contributed by atoms with Gasteiger partial charge >= 0.3 is 0 Å². The highest BCUT2D eigenvalue weighted by molar-refractivity contribution is 5.85. The molecule has 0 bridgehead atoms. The number of carbonyl (C=O) groups is 2. The van der Waals surface area contributed by atoms with Gasteiger partial charge in [0, 0.05) is 24.9 Å². The minimum absolute atomic E-state index is 0.0766. The van der Waals surface area contributed by atoms with E-state index in [4.69, 9.17) is 4.42 Å². The van der Waals surface area contributed by atoms with Crippen LogP contribution >= 0.6 is 0 Å². The molecule has 2 aromatic rings. The summed E-state index contributed by atoms with van der Waals surface area (Å²) in [5.41, 5.74) is 6.69. The van der Waals surface area contributed by atoms with Gasteiger partial charge in [-0.3, -0.25) is 20.4 Å². The first kappa shape index (κ1) is 15.0. The minimum atomic E-state index is -0.110. The van der Waals surface area contributed by atoms with Gasteiger partial charge in [-0.05, 0) is 37.8 Å². The lowest BCUT2D eigenvalue weighted by molar-refractivity contribution is -0.132. The van der Waals surface area contributed by atoms with Gasteiger partial charge in [-0.25, -0.2) is 0 Å². The van der Waals surface area contributed by atoms with Gasteiger partial charge < -0.3 is 9.32 Å². The molecule has 4 rings (SSSR count). The van der Waals surface area contributed by atoms with Crippen molar-refractivity contribution in [2.75, 3.05) is 18.0 Å². The van der Waals surface area contributed by atoms with Gasteiger partial charge in [-0.15, -0.1) is 0 Å². The Morgan fingerprint density at radius 3 is 2.25 bits per heavy atom. The van der Waals surface area contributed by atoms with Crippen molar-refractivity contribution in [3.05, 3.63) is 24.3 Å². The molecule has 0 atom stereocenters. The number of benzene rings is 1. The number of hydrogen-bond donors (Lipinski definition) is 2. The molecule has 7 nitrogen and oxygen atoms in total. The van der Waals surface area contributed by atoms with Gasteiger partial charge in [0.15, 0.2) is 5.58 Å². The summed E-state index contributed by atoms with van der Waals surface area (Å²) in [7, 11) is 0. The third-order valence-corrected chi connectivity index (χ3v) is 4.68. The highest BCUT2D eigenvalue weighted by Crippen LogP contribution is 2.29. The number of amides is 2. The van der Waals surface area contributed by atoms with Gasteiger partial charge in [0.1, 0.15) is 5.52 Å². The molecule has 2 amide bonds. The molecule has 0 radical (unpaired) electrons. The Labute approximate surface area is 139 Å². The van der Waals surface area contributed by atoms with Crippen LogP contribution in [-0.2, 0) is 9.59 Å². The number of carbonyl (C=O) groups excluding carboxylic acids is 2. The second kappa shape index (κ2) is 6.14. The summed E-state index contributed by atoms with van der Waals surface area (Å²) < 4.78 is 5.77. The fraction of sp³-hybridized carbons (Fsp3) is 0.471. The van der Waals surface area contributed by atoms with E-state index in [1.54, 1.807) is 0 Å². The Balaban J connectivity index is 1.31. The molecule has 0 unspecified atom stereocenters. The van der Waals surface area contributed by atoms with Gasteiger partial charge in [0.25, 0.3) is 6.01 Å². The first-order valence-electron chi connectivity index (χ1n) is 8.41. The molecule has 2 aliphatic rings. The summed E-state index contributed by atoms with van der Waals surface area (Å²) in [6.45, 7) is 1.42. The molecule has 1 aromatic heterocycles. The molecule has 2 N–H and O–H groups in total. The molecule has 1 saturated carbocycles. The number of aromatic nitrogens is 1. The Bertz CT molecular complexity index is 727. The predicted molar refractivity (Wildman–Crippen MR) is 88.0 cm³/mol. The molecule has 2 fully saturated rings. The van der Waals surface area contributed by atoms with Crippen LogP contribution in [0.5, 0.6) is 0 Å². The van der Waals surface area contributed by atoms with Gasteiger partial charge in [-0.1, -0.05) is 12.1 Å². The van der Waals surface area contributed by atoms with Crippen LogP contribution in [0.25, 0.3) is 11.1 Å². The Morgan fingerprint density at radius 1 is 1.00 bits per heavy atom. The van der Waals surface area contributed by atoms with Crippen molar-refractivity contribution in [2.45, 2.75) is 25.7 Å². The fourth-order valence-corrected chi connectivity index (χ4v) is 3.00. The molecular weight excluding hydrogens is 308 g/mol. The maximum Gasteiger partial charge on any atom is 0.298 e.